The van der Waals surface area contributed by atoms with E-state index in [1.165, 1.54) is 18.4 Å². The van der Waals surface area contributed by atoms with Crippen molar-refractivity contribution in [3.8, 4) is 5.75 Å². The van der Waals surface area contributed by atoms with E-state index in [1.807, 2.05) is 12.1 Å². The number of aliphatic imine (C=N–C) groups is 1. The zero-order chi connectivity index (χ0) is 19.1. The van der Waals surface area contributed by atoms with E-state index < -0.39 is 0 Å². The van der Waals surface area contributed by atoms with Crippen LogP contribution in [-0.4, -0.2) is 62.4 Å². The first-order valence-electron chi connectivity index (χ1n) is 10.2. The molecule has 1 heterocycles. The smallest absolute Gasteiger partial charge is 0.191 e. The van der Waals surface area contributed by atoms with Crippen molar-refractivity contribution in [1.82, 2.24) is 15.5 Å². The summed E-state index contributed by atoms with van der Waals surface area (Å²) in [6.07, 6.45) is 4.64. The Morgan fingerprint density at radius 3 is 2.57 bits per heavy atom. The molecule has 2 fully saturated rings. The lowest BCUT2D eigenvalue weighted by atomic mass is 10.0. The Morgan fingerprint density at radius 1 is 1.25 bits per heavy atom. The molecule has 0 amide bonds. The van der Waals surface area contributed by atoms with Crippen LogP contribution in [0.4, 0.5) is 0 Å². The van der Waals surface area contributed by atoms with Crippen molar-refractivity contribution in [2.75, 3.05) is 46.4 Å². The van der Waals surface area contributed by atoms with Gasteiger partial charge in [-0.15, -0.1) is 24.0 Å². The number of para-hydroxylation sites is 1. The molecule has 1 aromatic rings. The highest BCUT2D eigenvalue weighted by atomic mass is 127. The van der Waals surface area contributed by atoms with Gasteiger partial charge < -0.3 is 20.5 Å². The maximum Gasteiger partial charge on any atom is 0.191 e. The average molecular weight is 502 g/mol. The summed E-state index contributed by atoms with van der Waals surface area (Å²) in [7, 11) is 1.74. The molecule has 6 nitrogen and oxygen atoms in total. The van der Waals surface area contributed by atoms with Crippen LogP contribution in [-0.2, 0) is 0 Å². The second-order valence-electron chi connectivity index (χ2n) is 7.74. The number of ether oxygens (including phenoxy) is 1. The van der Waals surface area contributed by atoms with E-state index in [2.05, 4.69) is 34.6 Å². The third-order valence-corrected chi connectivity index (χ3v) is 5.75. The molecular formula is C21H35IN4O2. The van der Waals surface area contributed by atoms with Gasteiger partial charge in [-0.2, -0.15) is 0 Å². The van der Waals surface area contributed by atoms with Gasteiger partial charge in [0.2, 0.25) is 0 Å². The van der Waals surface area contributed by atoms with Crippen LogP contribution in [0.25, 0.3) is 0 Å². The highest BCUT2D eigenvalue weighted by molar-refractivity contribution is 14.0. The Bertz CT molecular complexity index is 631. The van der Waals surface area contributed by atoms with Gasteiger partial charge in [0, 0.05) is 24.1 Å². The minimum atomic E-state index is 0. The SMILES string of the molecule is CCNC(=NCC1(CO)CC1)NCC(c1ccccc1OC)N1CCCC1.I. The molecule has 0 radical (unpaired) electrons. The number of hydrogen-bond donors (Lipinski definition) is 3. The lowest BCUT2D eigenvalue weighted by molar-refractivity contribution is 0.216. The van der Waals surface area contributed by atoms with Gasteiger partial charge in [0.25, 0.3) is 0 Å². The predicted molar refractivity (Wildman–Crippen MR) is 125 cm³/mol. The number of methoxy groups -OCH3 is 1. The third kappa shape index (κ3) is 5.97. The Morgan fingerprint density at radius 2 is 1.96 bits per heavy atom. The van der Waals surface area contributed by atoms with Gasteiger partial charge in [-0.1, -0.05) is 18.2 Å². The van der Waals surface area contributed by atoms with Gasteiger partial charge in [-0.05, 0) is 51.8 Å². The summed E-state index contributed by atoms with van der Waals surface area (Å²) >= 11 is 0. The van der Waals surface area contributed by atoms with Gasteiger partial charge in [0.15, 0.2) is 5.96 Å². The zero-order valence-corrected chi connectivity index (χ0v) is 19.4. The highest BCUT2D eigenvalue weighted by Crippen LogP contribution is 2.45. The molecule has 1 aliphatic heterocycles. The molecule has 0 aromatic heterocycles. The molecule has 28 heavy (non-hydrogen) atoms. The number of guanidine groups is 1. The number of benzene rings is 1. The van der Waals surface area contributed by atoms with Crippen molar-refractivity contribution < 1.29 is 9.84 Å². The number of likely N-dealkylation sites (tertiary alicyclic amines) is 1. The molecule has 7 heteroatoms. The fourth-order valence-electron chi connectivity index (χ4n) is 3.76. The Kier molecular flexibility index (Phi) is 9.30. The summed E-state index contributed by atoms with van der Waals surface area (Å²) in [5, 5.41) is 16.4. The van der Waals surface area contributed by atoms with Crippen LogP contribution in [0.1, 0.15) is 44.2 Å². The van der Waals surface area contributed by atoms with Crippen LogP contribution < -0.4 is 15.4 Å². The van der Waals surface area contributed by atoms with Gasteiger partial charge in [-0.3, -0.25) is 9.89 Å². The standard InChI is InChI=1S/C21H34N4O2.HI/c1-3-22-20(24-15-21(16-26)10-11-21)23-14-18(25-12-6-7-13-25)17-8-4-5-9-19(17)27-2;/h4-5,8-9,18,26H,3,6-7,10-16H2,1-2H3,(H2,22,23,24);1H. The summed E-state index contributed by atoms with van der Waals surface area (Å²) in [6, 6.07) is 8.55. The first-order chi connectivity index (χ1) is 13.2. The van der Waals surface area contributed by atoms with E-state index in [9.17, 15) is 5.11 Å². The normalized spacial score (nSPS) is 19.6. The van der Waals surface area contributed by atoms with Gasteiger partial charge in [0.1, 0.15) is 5.75 Å². The number of halogens is 1. The summed E-state index contributed by atoms with van der Waals surface area (Å²) in [5.41, 5.74) is 1.25. The number of aliphatic hydroxyl groups excluding tert-OH is 1. The lowest BCUT2D eigenvalue weighted by Gasteiger charge is -2.30. The van der Waals surface area contributed by atoms with Gasteiger partial charge in [0.05, 0.1) is 26.3 Å². The maximum atomic E-state index is 9.54. The number of nitrogens with one attached hydrogen (secondary N) is 2. The zero-order valence-electron chi connectivity index (χ0n) is 17.1. The van der Waals surface area contributed by atoms with E-state index in [0.717, 1.165) is 50.7 Å². The van der Waals surface area contributed by atoms with Crippen molar-refractivity contribution in [2.45, 2.75) is 38.6 Å². The molecule has 158 valence electrons. The Balaban J connectivity index is 0.00000280. The fraction of sp³-hybridized carbons (Fsp3) is 0.667. The molecule has 3 rings (SSSR count). The molecule has 3 N–H and O–H groups in total. The summed E-state index contributed by atoms with van der Waals surface area (Å²) < 4.78 is 5.63. The van der Waals surface area contributed by atoms with Crippen LogP contribution >= 0.6 is 24.0 Å². The van der Waals surface area contributed by atoms with Crippen LogP contribution in [0.15, 0.2) is 29.3 Å². The minimum absolute atomic E-state index is 0. The molecule has 1 atom stereocenters. The van der Waals surface area contributed by atoms with Crippen molar-refractivity contribution in [2.24, 2.45) is 10.4 Å². The molecule has 1 aromatic carbocycles. The maximum absolute atomic E-state index is 9.54. The molecule has 0 spiro atoms. The van der Waals surface area contributed by atoms with E-state index in [1.54, 1.807) is 7.11 Å². The summed E-state index contributed by atoms with van der Waals surface area (Å²) in [6.45, 7) is 6.82. The average Bonchev–Trinajstić information content (AvgIpc) is 3.29. The molecule has 1 saturated carbocycles. The van der Waals surface area contributed by atoms with Crippen LogP contribution in [0.3, 0.4) is 0 Å². The summed E-state index contributed by atoms with van der Waals surface area (Å²) in [5.74, 6) is 1.77. The molecule has 2 aliphatic rings. The topological polar surface area (TPSA) is 69.1 Å². The van der Waals surface area contributed by atoms with Crippen molar-refractivity contribution in [3.05, 3.63) is 29.8 Å². The summed E-state index contributed by atoms with van der Waals surface area (Å²) in [4.78, 5) is 7.27. The second kappa shape index (κ2) is 11.2. The predicted octanol–water partition coefficient (Wildman–Crippen LogP) is 2.78. The van der Waals surface area contributed by atoms with E-state index >= 15 is 0 Å². The molecule has 1 aliphatic carbocycles. The minimum Gasteiger partial charge on any atom is -0.496 e. The number of nitrogens with zero attached hydrogens (tertiary/aromatic N) is 2. The van der Waals surface area contributed by atoms with Crippen molar-refractivity contribution in [3.63, 3.8) is 0 Å². The van der Waals surface area contributed by atoms with Gasteiger partial charge >= 0.3 is 0 Å². The van der Waals surface area contributed by atoms with E-state index in [4.69, 9.17) is 9.73 Å². The van der Waals surface area contributed by atoms with Crippen LogP contribution in [0, 0.1) is 5.41 Å². The van der Waals surface area contributed by atoms with Gasteiger partial charge in [-0.25, -0.2) is 0 Å². The Labute approximate surface area is 186 Å². The second-order valence-corrected chi connectivity index (χ2v) is 7.74. The van der Waals surface area contributed by atoms with E-state index in [0.29, 0.717) is 6.54 Å². The monoisotopic (exact) mass is 502 g/mol. The van der Waals surface area contributed by atoms with Crippen molar-refractivity contribution >= 4 is 29.9 Å². The van der Waals surface area contributed by atoms with Crippen LogP contribution in [0.2, 0.25) is 0 Å². The molecule has 1 saturated heterocycles. The highest BCUT2D eigenvalue weighted by Gasteiger charge is 2.41. The number of hydrogen-bond acceptors (Lipinski definition) is 4. The quantitative estimate of drug-likeness (QED) is 0.275. The lowest BCUT2D eigenvalue weighted by Crippen LogP contribution is -2.43. The first kappa shape index (κ1) is 23.2. The molecule has 1 unspecified atom stereocenters. The first-order valence-corrected chi connectivity index (χ1v) is 10.2. The largest absolute Gasteiger partial charge is 0.496 e. The molecule has 0 bridgehead atoms. The van der Waals surface area contributed by atoms with Crippen LogP contribution in [0.5, 0.6) is 5.75 Å². The third-order valence-electron chi connectivity index (χ3n) is 5.75. The Hall–Kier alpha value is -1.06. The number of aliphatic hydroxyl groups is 1. The molecular weight excluding hydrogens is 467 g/mol. The van der Waals surface area contributed by atoms with Crippen molar-refractivity contribution in [1.29, 1.82) is 0 Å². The van der Waals surface area contributed by atoms with E-state index in [-0.39, 0.29) is 42.0 Å². The number of rotatable bonds is 9. The fourth-order valence-corrected chi connectivity index (χ4v) is 3.76.